The largest absolute Gasteiger partial charge is 0.0989 e. The number of allylic oxidation sites excluding steroid dienone is 3. The highest BCUT2D eigenvalue weighted by Crippen LogP contribution is 2.72. The Kier molecular flexibility index (Phi) is 4.77. The first-order valence-electron chi connectivity index (χ1n) is 13.4. The SMILES string of the molecule is C=C1C(CC2=Cc3cccc(-c4cc(C)cc(C)c4CC4(C)CCC4)c3C2)C(=C)C2C1C2(C)C. The van der Waals surface area contributed by atoms with Gasteiger partial charge in [-0.1, -0.05) is 99.0 Å². The summed E-state index contributed by atoms with van der Waals surface area (Å²) in [7, 11) is 0. The van der Waals surface area contributed by atoms with E-state index >= 15 is 0 Å². The molecule has 6 rings (SSSR count). The van der Waals surface area contributed by atoms with Gasteiger partial charge in [-0.3, -0.25) is 0 Å². The topological polar surface area (TPSA) is 0 Å². The summed E-state index contributed by atoms with van der Waals surface area (Å²) in [5.74, 6) is 1.80. The van der Waals surface area contributed by atoms with Crippen LogP contribution in [0.2, 0.25) is 0 Å². The van der Waals surface area contributed by atoms with Gasteiger partial charge in [-0.25, -0.2) is 0 Å². The fourth-order valence-electron chi connectivity index (χ4n) is 7.89. The van der Waals surface area contributed by atoms with Crippen molar-refractivity contribution in [2.45, 2.75) is 73.1 Å². The summed E-state index contributed by atoms with van der Waals surface area (Å²) < 4.78 is 0. The maximum absolute atomic E-state index is 4.55. The minimum Gasteiger partial charge on any atom is -0.0989 e. The second-order valence-corrected chi connectivity index (χ2v) is 13.0. The lowest BCUT2D eigenvalue weighted by atomic mass is 9.66. The highest BCUT2D eigenvalue weighted by molar-refractivity contribution is 5.80. The number of fused-ring (bicyclic) bond motifs is 2. The smallest absolute Gasteiger partial charge is 0.00454 e. The summed E-state index contributed by atoms with van der Waals surface area (Å²) in [5, 5.41) is 0. The van der Waals surface area contributed by atoms with Crippen molar-refractivity contribution in [3.05, 3.63) is 88.0 Å². The van der Waals surface area contributed by atoms with E-state index in [0.29, 0.717) is 28.6 Å². The van der Waals surface area contributed by atoms with Crippen molar-refractivity contribution < 1.29 is 0 Å². The zero-order valence-electron chi connectivity index (χ0n) is 21.9. The van der Waals surface area contributed by atoms with Crippen LogP contribution in [0.5, 0.6) is 0 Å². The van der Waals surface area contributed by atoms with Crippen LogP contribution in [0.15, 0.2) is 60.2 Å². The van der Waals surface area contributed by atoms with Crippen LogP contribution in [-0.4, -0.2) is 0 Å². The van der Waals surface area contributed by atoms with E-state index < -0.39 is 0 Å². The summed E-state index contributed by atoms with van der Waals surface area (Å²) in [4.78, 5) is 0. The lowest BCUT2D eigenvalue weighted by Crippen LogP contribution is -2.28. The molecule has 0 aromatic heterocycles. The van der Waals surface area contributed by atoms with Crippen molar-refractivity contribution in [1.82, 2.24) is 0 Å². The summed E-state index contributed by atoms with van der Waals surface area (Å²) in [6, 6.07) is 11.8. The lowest BCUT2D eigenvalue weighted by molar-refractivity contribution is 0.161. The van der Waals surface area contributed by atoms with Gasteiger partial charge in [0.25, 0.3) is 0 Å². The summed E-state index contributed by atoms with van der Waals surface area (Å²) in [6.45, 7) is 20.9. The second-order valence-electron chi connectivity index (χ2n) is 13.0. The quantitative estimate of drug-likeness (QED) is 0.400. The average Bonchev–Trinajstić information content (AvgIpc) is 3.01. The molecular weight excluding hydrogens is 408 g/mol. The Morgan fingerprint density at radius 1 is 0.941 bits per heavy atom. The lowest BCUT2D eigenvalue weighted by Gasteiger charge is -2.39. The van der Waals surface area contributed by atoms with Crippen LogP contribution >= 0.6 is 0 Å². The van der Waals surface area contributed by atoms with E-state index in [2.05, 4.69) is 84.2 Å². The molecule has 2 unspecified atom stereocenters. The molecule has 2 aromatic carbocycles. The molecule has 0 N–H and O–H groups in total. The van der Waals surface area contributed by atoms with E-state index in [4.69, 9.17) is 0 Å². The predicted octanol–water partition coefficient (Wildman–Crippen LogP) is 9.05. The number of benzene rings is 2. The third kappa shape index (κ3) is 3.24. The van der Waals surface area contributed by atoms with Crippen molar-refractivity contribution in [2.75, 3.05) is 0 Å². The van der Waals surface area contributed by atoms with Gasteiger partial charge in [0.2, 0.25) is 0 Å². The third-order valence-electron chi connectivity index (χ3n) is 10.0. The molecule has 0 radical (unpaired) electrons. The monoisotopic (exact) mass is 448 g/mol. The zero-order valence-corrected chi connectivity index (χ0v) is 21.9. The normalized spacial score (nSPS) is 27.8. The highest BCUT2D eigenvalue weighted by atomic mass is 14.7. The van der Waals surface area contributed by atoms with Crippen molar-refractivity contribution >= 4 is 6.08 Å². The molecule has 0 spiro atoms. The molecule has 0 bridgehead atoms. The van der Waals surface area contributed by atoms with E-state index in [-0.39, 0.29) is 0 Å². The van der Waals surface area contributed by atoms with Crippen molar-refractivity contribution in [3.8, 4) is 11.1 Å². The van der Waals surface area contributed by atoms with Crippen LogP contribution in [0.1, 0.15) is 74.3 Å². The molecule has 3 fully saturated rings. The second kappa shape index (κ2) is 7.33. The highest BCUT2D eigenvalue weighted by Gasteiger charge is 2.65. The summed E-state index contributed by atoms with van der Waals surface area (Å²) in [6.07, 6.45) is 9.99. The van der Waals surface area contributed by atoms with Gasteiger partial charge in [0.05, 0.1) is 0 Å². The van der Waals surface area contributed by atoms with Gasteiger partial charge in [0.1, 0.15) is 0 Å². The van der Waals surface area contributed by atoms with E-state index in [9.17, 15) is 0 Å². The molecule has 4 aliphatic rings. The average molecular weight is 449 g/mol. The zero-order chi connectivity index (χ0) is 24.0. The number of hydrogen-bond acceptors (Lipinski definition) is 0. The first-order valence-corrected chi connectivity index (χ1v) is 13.4. The Morgan fingerprint density at radius 2 is 1.65 bits per heavy atom. The predicted molar refractivity (Wildman–Crippen MR) is 146 cm³/mol. The van der Waals surface area contributed by atoms with Gasteiger partial charge in [0.15, 0.2) is 0 Å². The fourth-order valence-corrected chi connectivity index (χ4v) is 7.89. The molecule has 0 heterocycles. The van der Waals surface area contributed by atoms with E-state index in [1.807, 2.05) is 0 Å². The van der Waals surface area contributed by atoms with Gasteiger partial charge < -0.3 is 0 Å². The van der Waals surface area contributed by atoms with Gasteiger partial charge in [-0.15, -0.1) is 0 Å². The van der Waals surface area contributed by atoms with E-state index in [0.717, 1.165) is 12.8 Å². The molecule has 0 aliphatic heterocycles. The Balaban J connectivity index is 1.30. The molecule has 0 saturated heterocycles. The van der Waals surface area contributed by atoms with Gasteiger partial charge in [0, 0.05) is 5.92 Å². The Hall–Kier alpha value is -2.34. The maximum atomic E-state index is 4.55. The number of aryl methyl sites for hydroxylation is 2. The number of rotatable bonds is 5. The fraction of sp³-hybridized carbons (Fsp3) is 0.471. The Labute approximate surface area is 206 Å². The molecule has 0 heteroatoms. The first-order chi connectivity index (χ1) is 16.1. The molecule has 0 amide bonds. The van der Waals surface area contributed by atoms with Crippen LogP contribution in [0.3, 0.4) is 0 Å². The standard InChI is InChI=1S/C34H40/c1-20-14-21(2)30(19-34(7)12-9-13-34)29(15-20)26-11-8-10-25-16-24(18-28(25)26)17-27-22(3)31-32(23(27)4)33(31,5)6/h8,10-11,14-16,27,31-32H,3-4,9,12-13,17-19H2,1-2,5-7H3. The molecule has 2 atom stereocenters. The van der Waals surface area contributed by atoms with Crippen LogP contribution in [0.4, 0.5) is 0 Å². The van der Waals surface area contributed by atoms with Crippen LogP contribution in [0.25, 0.3) is 17.2 Å². The van der Waals surface area contributed by atoms with Crippen LogP contribution in [0, 0.1) is 42.4 Å². The van der Waals surface area contributed by atoms with Gasteiger partial charge in [-0.05, 0) is 102 Å². The molecule has 2 aromatic rings. The van der Waals surface area contributed by atoms with Gasteiger partial charge >= 0.3 is 0 Å². The molecule has 176 valence electrons. The van der Waals surface area contributed by atoms with Crippen molar-refractivity contribution in [2.24, 2.45) is 28.6 Å². The Morgan fingerprint density at radius 3 is 2.29 bits per heavy atom. The Bertz CT molecular complexity index is 1240. The van der Waals surface area contributed by atoms with Gasteiger partial charge in [-0.2, -0.15) is 0 Å². The molecule has 3 saturated carbocycles. The molecular formula is C34H40. The molecule has 4 aliphatic carbocycles. The minimum atomic E-state index is 0.390. The summed E-state index contributed by atoms with van der Waals surface area (Å²) >= 11 is 0. The van der Waals surface area contributed by atoms with E-state index in [1.54, 1.807) is 11.1 Å². The van der Waals surface area contributed by atoms with Crippen molar-refractivity contribution in [3.63, 3.8) is 0 Å². The van der Waals surface area contributed by atoms with Crippen molar-refractivity contribution in [1.29, 1.82) is 0 Å². The molecule has 0 nitrogen and oxygen atoms in total. The van der Waals surface area contributed by atoms with E-state index in [1.165, 1.54) is 70.2 Å². The maximum Gasteiger partial charge on any atom is 0.00454 e. The van der Waals surface area contributed by atoms with Crippen LogP contribution in [-0.2, 0) is 12.8 Å². The first kappa shape index (κ1) is 22.1. The number of hydrogen-bond donors (Lipinski definition) is 0. The molecule has 34 heavy (non-hydrogen) atoms. The van der Waals surface area contributed by atoms with Crippen LogP contribution < -0.4 is 0 Å². The third-order valence-corrected chi connectivity index (χ3v) is 10.0. The summed E-state index contributed by atoms with van der Waals surface area (Å²) in [5.41, 5.74) is 15.6. The minimum absolute atomic E-state index is 0.390.